The lowest BCUT2D eigenvalue weighted by atomic mass is 9.82. The normalized spacial score (nSPS) is 11.2. The Morgan fingerprint density at radius 1 is 1.06 bits per heavy atom. The molecule has 36 heavy (non-hydrogen) atoms. The number of allylic oxidation sites excluding steroid dienone is 3. The first-order valence-corrected chi connectivity index (χ1v) is 14.3. The Morgan fingerprint density at radius 3 is 2.11 bits per heavy atom. The van der Waals surface area contributed by atoms with Gasteiger partial charge in [0.05, 0.1) is 20.3 Å². The second-order valence-corrected chi connectivity index (χ2v) is 7.43. The van der Waals surface area contributed by atoms with Crippen LogP contribution in [0.4, 0.5) is 0 Å². The second-order valence-electron chi connectivity index (χ2n) is 7.43. The quantitative estimate of drug-likeness (QED) is 0.0950. The zero-order valence-corrected chi connectivity index (χ0v) is 25.4. The Kier molecular flexibility index (Phi) is 22.1. The highest BCUT2D eigenvalue weighted by Crippen LogP contribution is 2.38. The van der Waals surface area contributed by atoms with Crippen molar-refractivity contribution in [1.82, 2.24) is 0 Å². The van der Waals surface area contributed by atoms with E-state index in [1.807, 2.05) is 75.9 Å². The van der Waals surface area contributed by atoms with Gasteiger partial charge in [0.2, 0.25) is 0 Å². The Bertz CT molecular complexity index is 903. The Balaban J connectivity index is 0. The van der Waals surface area contributed by atoms with E-state index >= 15 is 0 Å². The molecule has 0 aliphatic carbocycles. The Hall–Kier alpha value is -2.16. The number of aliphatic hydroxyl groups is 1. The lowest BCUT2D eigenvalue weighted by Gasteiger charge is -2.22. The van der Waals surface area contributed by atoms with Crippen molar-refractivity contribution in [3.05, 3.63) is 77.4 Å². The molecule has 0 saturated carbocycles. The van der Waals surface area contributed by atoms with E-state index in [1.54, 1.807) is 19.1 Å². The van der Waals surface area contributed by atoms with Crippen LogP contribution in [0.1, 0.15) is 65.0 Å². The topological polar surface area (TPSA) is 76.0 Å². The molecule has 0 bridgehead atoms. The van der Waals surface area contributed by atoms with Crippen molar-refractivity contribution in [2.75, 3.05) is 31.9 Å². The number of ketones is 1. The summed E-state index contributed by atoms with van der Waals surface area (Å²) in [4.78, 5) is 14.0. The van der Waals surface area contributed by atoms with E-state index in [2.05, 4.69) is 29.2 Å². The van der Waals surface area contributed by atoms with Crippen molar-refractivity contribution in [2.45, 2.75) is 53.9 Å². The van der Waals surface area contributed by atoms with Crippen LogP contribution in [0.15, 0.2) is 66.3 Å². The highest BCUT2D eigenvalue weighted by atomic mass is 127. The minimum atomic E-state index is -0.0777. The largest absolute Gasteiger partial charge is 0.504 e. The van der Waals surface area contributed by atoms with Crippen molar-refractivity contribution in [3.8, 4) is 11.5 Å². The number of hydrogen-bond acceptors (Lipinski definition) is 5. The number of phenolic OH excluding ortho intramolecular Hbond substituents is 1. The van der Waals surface area contributed by atoms with Crippen LogP contribution in [-0.4, -0.2) is 47.9 Å². The number of phenols is 1. The molecule has 0 saturated heterocycles. The van der Waals surface area contributed by atoms with E-state index in [9.17, 15) is 9.90 Å². The van der Waals surface area contributed by atoms with E-state index < -0.39 is 0 Å². The molecule has 2 N–H and O–H groups in total. The summed E-state index contributed by atoms with van der Waals surface area (Å²) in [6.07, 6.45) is 1.03. The molecule has 2 aromatic rings. The fourth-order valence-corrected chi connectivity index (χ4v) is 3.24. The summed E-state index contributed by atoms with van der Waals surface area (Å²) in [6.45, 7) is 17.1. The number of rotatable bonds is 10. The third kappa shape index (κ3) is 12.7. The number of Topliss-reactive ketones (excluding diaryl/α,β-unsaturated/α-hetero) is 1. The summed E-state index contributed by atoms with van der Waals surface area (Å²) in [5.41, 5.74) is 4.34. The van der Waals surface area contributed by atoms with Crippen LogP contribution in [0.3, 0.4) is 0 Å². The number of alkyl halides is 1. The third-order valence-corrected chi connectivity index (χ3v) is 5.10. The number of halogens is 1. The number of aliphatic hydroxyl groups excluding tert-OH is 1. The van der Waals surface area contributed by atoms with Crippen molar-refractivity contribution in [2.24, 2.45) is 0 Å². The first-order valence-electron chi connectivity index (χ1n) is 12.2. The molecule has 2 rings (SSSR count). The average molecular weight is 613 g/mol. The molecule has 202 valence electrons. The molecule has 0 fully saturated rings. The summed E-state index contributed by atoms with van der Waals surface area (Å²) in [6, 6.07) is 15.1. The number of carbonyl (C=O) groups is 1. The van der Waals surface area contributed by atoms with Gasteiger partial charge < -0.3 is 19.7 Å². The SMILES string of the molecule is C=C(/C(=C(\C)C(C)=O)C(C)c1ccc(O)c(OC)c1)c1ccccc1.CC.CCCOCCO.CI. The van der Waals surface area contributed by atoms with Gasteiger partial charge in [-0.15, -0.1) is 0 Å². The minimum absolute atomic E-state index is 0.0182. The lowest BCUT2D eigenvalue weighted by molar-refractivity contribution is -0.113. The van der Waals surface area contributed by atoms with E-state index in [4.69, 9.17) is 14.6 Å². The smallest absolute Gasteiger partial charge is 0.160 e. The van der Waals surface area contributed by atoms with Gasteiger partial charge in [0.1, 0.15) is 0 Å². The van der Waals surface area contributed by atoms with Gasteiger partial charge in [-0.1, -0.05) is 93.3 Å². The van der Waals surface area contributed by atoms with Crippen LogP contribution in [-0.2, 0) is 9.53 Å². The molecule has 0 aromatic heterocycles. The zero-order valence-electron chi connectivity index (χ0n) is 23.2. The average Bonchev–Trinajstić information content (AvgIpc) is 2.92. The van der Waals surface area contributed by atoms with Crippen molar-refractivity contribution in [3.63, 3.8) is 0 Å². The maximum atomic E-state index is 12.1. The predicted molar refractivity (Wildman–Crippen MR) is 161 cm³/mol. The molecule has 0 aliphatic heterocycles. The molecular weight excluding hydrogens is 567 g/mol. The Labute approximate surface area is 232 Å². The fourth-order valence-electron chi connectivity index (χ4n) is 3.24. The third-order valence-electron chi connectivity index (χ3n) is 5.10. The monoisotopic (exact) mass is 612 g/mol. The van der Waals surface area contributed by atoms with Gasteiger partial charge >= 0.3 is 0 Å². The Morgan fingerprint density at radius 2 is 1.64 bits per heavy atom. The molecule has 0 radical (unpaired) electrons. The van der Waals surface area contributed by atoms with E-state index in [1.165, 1.54) is 7.11 Å². The van der Waals surface area contributed by atoms with Gasteiger partial charge in [-0.05, 0) is 65.2 Å². The van der Waals surface area contributed by atoms with Gasteiger partial charge in [0.25, 0.3) is 0 Å². The van der Waals surface area contributed by atoms with Crippen LogP contribution in [0, 0.1) is 0 Å². The molecule has 2 aromatic carbocycles. The van der Waals surface area contributed by atoms with Gasteiger partial charge in [-0.2, -0.15) is 0 Å². The van der Waals surface area contributed by atoms with Crippen molar-refractivity contribution < 1.29 is 24.5 Å². The number of carbonyl (C=O) groups excluding carboxylic acids is 1. The highest BCUT2D eigenvalue weighted by molar-refractivity contribution is 14.1. The first kappa shape index (κ1) is 36.0. The zero-order chi connectivity index (χ0) is 28.1. The van der Waals surface area contributed by atoms with Crippen LogP contribution >= 0.6 is 22.6 Å². The maximum absolute atomic E-state index is 12.1. The van der Waals surface area contributed by atoms with Crippen molar-refractivity contribution in [1.29, 1.82) is 0 Å². The van der Waals surface area contributed by atoms with Crippen LogP contribution in [0.5, 0.6) is 11.5 Å². The molecule has 0 amide bonds. The number of benzene rings is 2. The van der Waals surface area contributed by atoms with Gasteiger partial charge in [-0.25, -0.2) is 0 Å². The van der Waals surface area contributed by atoms with E-state index in [0.717, 1.165) is 35.3 Å². The fraction of sp³-hybridized carbons (Fsp3) is 0.433. The first-order chi connectivity index (χ1) is 17.3. The van der Waals surface area contributed by atoms with Gasteiger partial charge in [-0.3, -0.25) is 4.79 Å². The lowest BCUT2D eigenvalue weighted by Crippen LogP contribution is -2.07. The number of aromatic hydroxyl groups is 1. The minimum Gasteiger partial charge on any atom is -0.504 e. The standard InChI is InChI=1S/C22H24O3.C5H12O2.C2H6.CH3I/c1-14(17(4)23)22(15(2)18-9-7-6-8-10-18)16(3)19-11-12-20(24)21(13-19)25-5;1-2-4-7-5-3-6;2*1-2/h6-13,16,24H,2H2,1,3-5H3;6H,2-5H2,1H3;1-2H3;1H3/b22-14-;;;. The van der Waals surface area contributed by atoms with Gasteiger partial charge in [0.15, 0.2) is 17.3 Å². The van der Waals surface area contributed by atoms with Crippen LogP contribution in [0.2, 0.25) is 0 Å². The van der Waals surface area contributed by atoms with Crippen LogP contribution in [0.25, 0.3) is 5.57 Å². The van der Waals surface area contributed by atoms with E-state index in [-0.39, 0.29) is 24.1 Å². The molecule has 6 heteroatoms. The molecule has 0 spiro atoms. The molecule has 0 heterocycles. The second kappa shape index (κ2) is 22.1. The highest BCUT2D eigenvalue weighted by Gasteiger charge is 2.21. The number of ether oxygens (including phenoxy) is 2. The molecule has 5 nitrogen and oxygen atoms in total. The summed E-state index contributed by atoms with van der Waals surface area (Å²) in [5.74, 6) is 0.444. The molecule has 1 unspecified atom stereocenters. The molecule has 0 aliphatic rings. The maximum Gasteiger partial charge on any atom is 0.160 e. The molecular formula is C30H45IO5. The van der Waals surface area contributed by atoms with E-state index in [0.29, 0.717) is 17.9 Å². The van der Waals surface area contributed by atoms with Crippen LogP contribution < -0.4 is 4.74 Å². The predicted octanol–water partition coefficient (Wildman–Crippen LogP) is 7.61. The number of hydrogen-bond donors (Lipinski definition) is 2. The number of methoxy groups -OCH3 is 1. The summed E-state index contributed by atoms with van der Waals surface area (Å²) >= 11 is 2.15. The summed E-state index contributed by atoms with van der Waals surface area (Å²) in [5, 5.41) is 18.0. The molecule has 1 atom stereocenters. The van der Waals surface area contributed by atoms with Gasteiger partial charge in [0, 0.05) is 12.5 Å². The summed E-state index contributed by atoms with van der Waals surface area (Å²) in [7, 11) is 1.52. The summed E-state index contributed by atoms with van der Waals surface area (Å²) < 4.78 is 10.1. The van der Waals surface area contributed by atoms with Crippen molar-refractivity contribution >= 4 is 33.9 Å².